The average Bonchev–Trinajstić information content (AvgIpc) is 2.59. The normalized spacial score (nSPS) is 14.3. The van der Waals surface area contributed by atoms with Crippen LogP contribution in [0.2, 0.25) is 0 Å². The van der Waals surface area contributed by atoms with Gasteiger partial charge in [0.25, 0.3) is 0 Å². The van der Waals surface area contributed by atoms with Gasteiger partial charge in [0, 0.05) is 19.8 Å². The zero-order valence-corrected chi connectivity index (χ0v) is 14.2. The molecule has 0 amide bonds. The number of carbonyl (C=O) groups is 2. The molecule has 0 heterocycles. The number of rotatable bonds is 6. The Bertz CT molecular complexity index is 681. The predicted molar refractivity (Wildman–Crippen MR) is 91.4 cm³/mol. The molecule has 2 aromatic rings. The number of ether oxygens (including phenoxy) is 2. The Balaban J connectivity index is 2.55. The van der Waals surface area contributed by atoms with Crippen LogP contribution in [0.4, 0.5) is 0 Å². The Morgan fingerprint density at radius 1 is 0.917 bits per heavy atom. The summed E-state index contributed by atoms with van der Waals surface area (Å²) in [5, 5.41) is 0. The number of esters is 2. The molecule has 2 atom stereocenters. The molecule has 4 nitrogen and oxygen atoms in total. The van der Waals surface area contributed by atoms with E-state index >= 15 is 0 Å². The van der Waals surface area contributed by atoms with Crippen LogP contribution in [0.25, 0.3) is 0 Å². The Labute approximate surface area is 142 Å². The molecule has 0 aromatic heterocycles. The Morgan fingerprint density at radius 2 is 1.46 bits per heavy atom. The number of benzene rings is 2. The van der Waals surface area contributed by atoms with Crippen molar-refractivity contribution in [1.29, 1.82) is 0 Å². The van der Waals surface area contributed by atoms with Gasteiger partial charge >= 0.3 is 11.9 Å². The van der Waals surface area contributed by atoms with E-state index in [0.29, 0.717) is 0 Å². The second-order valence-corrected chi connectivity index (χ2v) is 5.76. The van der Waals surface area contributed by atoms with E-state index in [1.54, 1.807) is 0 Å². The van der Waals surface area contributed by atoms with E-state index in [9.17, 15) is 9.59 Å². The predicted octanol–water partition coefficient (Wildman–Crippen LogP) is 3.81. The maximum Gasteiger partial charge on any atom is 0.303 e. The summed E-state index contributed by atoms with van der Waals surface area (Å²) >= 11 is 0. The van der Waals surface area contributed by atoms with Crippen molar-refractivity contribution < 1.29 is 19.1 Å². The first kappa shape index (κ1) is 17.7. The third-order valence-electron chi connectivity index (χ3n) is 4.08. The van der Waals surface area contributed by atoms with E-state index in [1.165, 1.54) is 13.8 Å². The van der Waals surface area contributed by atoms with Crippen molar-refractivity contribution in [2.75, 3.05) is 6.61 Å². The standard InChI is InChI=1S/C20H22O4/c1-15(18-10-6-4-7-11-18)20(24-17(3)22,14-23-16(2)21)19-12-8-5-9-13-19/h4-13,15H,14H2,1-3H3. The van der Waals surface area contributed by atoms with Crippen molar-refractivity contribution >= 4 is 11.9 Å². The fourth-order valence-corrected chi connectivity index (χ4v) is 2.83. The summed E-state index contributed by atoms with van der Waals surface area (Å²) in [6.45, 7) is 4.64. The fraction of sp³-hybridized carbons (Fsp3) is 0.300. The van der Waals surface area contributed by atoms with Gasteiger partial charge < -0.3 is 9.47 Å². The Hall–Kier alpha value is -2.62. The third-order valence-corrected chi connectivity index (χ3v) is 4.08. The monoisotopic (exact) mass is 326 g/mol. The van der Waals surface area contributed by atoms with E-state index in [2.05, 4.69) is 0 Å². The highest BCUT2D eigenvalue weighted by atomic mass is 16.6. The summed E-state index contributed by atoms with van der Waals surface area (Å²) in [5.41, 5.74) is 0.702. The molecule has 0 bridgehead atoms. The van der Waals surface area contributed by atoms with Crippen LogP contribution in [0.15, 0.2) is 60.7 Å². The lowest BCUT2D eigenvalue weighted by Crippen LogP contribution is -2.42. The average molecular weight is 326 g/mol. The van der Waals surface area contributed by atoms with E-state index in [1.807, 2.05) is 67.6 Å². The van der Waals surface area contributed by atoms with Crippen molar-refractivity contribution in [3.63, 3.8) is 0 Å². The first-order valence-electron chi connectivity index (χ1n) is 7.89. The molecule has 2 aromatic carbocycles. The van der Waals surface area contributed by atoms with Crippen molar-refractivity contribution in [1.82, 2.24) is 0 Å². The summed E-state index contributed by atoms with van der Waals surface area (Å²) in [6.07, 6.45) is 0. The summed E-state index contributed by atoms with van der Waals surface area (Å²) in [6, 6.07) is 19.1. The van der Waals surface area contributed by atoms with Crippen LogP contribution in [0.3, 0.4) is 0 Å². The van der Waals surface area contributed by atoms with Crippen LogP contribution < -0.4 is 0 Å². The first-order chi connectivity index (χ1) is 11.5. The summed E-state index contributed by atoms with van der Waals surface area (Å²) in [5.74, 6) is -1.04. The van der Waals surface area contributed by atoms with Gasteiger partial charge in [-0.3, -0.25) is 9.59 Å². The smallest absolute Gasteiger partial charge is 0.303 e. The van der Waals surface area contributed by atoms with Gasteiger partial charge in [-0.25, -0.2) is 0 Å². The number of hydrogen-bond acceptors (Lipinski definition) is 4. The molecule has 0 saturated carbocycles. The van der Waals surface area contributed by atoms with Crippen LogP contribution in [0.5, 0.6) is 0 Å². The van der Waals surface area contributed by atoms with Gasteiger partial charge in [-0.05, 0) is 11.1 Å². The van der Waals surface area contributed by atoms with Gasteiger partial charge in [0.1, 0.15) is 6.61 Å². The Morgan fingerprint density at radius 3 is 1.96 bits per heavy atom. The molecule has 0 aliphatic heterocycles. The topological polar surface area (TPSA) is 52.6 Å². The van der Waals surface area contributed by atoms with Gasteiger partial charge in [0.05, 0.1) is 0 Å². The minimum absolute atomic E-state index is 0.0397. The van der Waals surface area contributed by atoms with Crippen LogP contribution in [0.1, 0.15) is 37.8 Å². The van der Waals surface area contributed by atoms with Crippen molar-refractivity contribution in [2.24, 2.45) is 0 Å². The molecule has 4 heteroatoms. The highest BCUT2D eigenvalue weighted by Gasteiger charge is 2.43. The van der Waals surface area contributed by atoms with Gasteiger partial charge in [0.15, 0.2) is 5.60 Å². The van der Waals surface area contributed by atoms with Crippen molar-refractivity contribution in [3.05, 3.63) is 71.8 Å². The zero-order chi connectivity index (χ0) is 17.6. The quantitative estimate of drug-likeness (QED) is 0.758. The molecule has 0 spiro atoms. The number of carbonyl (C=O) groups excluding carboxylic acids is 2. The Kier molecular flexibility index (Phi) is 5.74. The van der Waals surface area contributed by atoms with Crippen LogP contribution in [-0.4, -0.2) is 18.5 Å². The second-order valence-electron chi connectivity index (χ2n) is 5.76. The molecule has 0 aliphatic rings. The molecular formula is C20H22O4. The fourth-order valence-electron chi connectivity index (χ4n) is 2.83. The molecular weight excluding hydrogens is 304 g/mol. The molecule has 0 saturated heterocycles. The van der Waals surface area contributed by atoms with E-state index < -0.39 is 17.5 Å². The van der Waals surface area contributed by atoms with Crippen LogP contribution in [-0.2, 0) is 24.7 Å². The maximum absolute atomic E-state index is 11.9. The maximum atomic E-state index is 11.9. The molecule has 126 valence electrons. The van der Waals surface area contributed by atoms with Gasteiger partial charge in [0.2, 0.25) is 0 Å². The van der Waals surface area contributed by atoms with E-state index in [-0.39, 0.29) is 12.5 Å². The lowest BCUT2D eigenvalue weighted by Gasteiger charge is -2.38. The molecule has 0 fully saturated rings. The molecule has 0 radical (unpaired) electrons. The SMILES string of the molecule is CC(=O)OCC(OC(C)=O)(c1ccccc1)C(C)c1ccccc1. The highest BCUT2D eigenvalue weighted by molar-refractivity contribution is 5.68. The van der Waals surface area contributed by atoms with Crippen molar-refractivity contribution in [2.45, 2.75) is 32.3 Å². The number of hydrogen-bond donors (Lipinski definition) is 0. The zero-order valence-electron chi connectivity index (χ0n) is 14.2. The van der Waals surface area contributed by atoms with Gasteiger partial charge in [-0.15, -0.1) is 0 Å². The summed E-state index contributed by atoms with van der Waals surface area (Å²) in [7, 11) is 0. The van der Waals surface area contributed by atoms with Gasteiger partial charge in [-0.2, -0.15) is 0 Å². The highest BCUT2D eigenvalue weighted by Crippen LogP contribution is 2.40. The van der Waals surface area contributed by atoms with E-state index in [0.717, 1.165) is 11.1 Å². The van der Waals surface area contributed by atoms with Crippen LogP contribution in [0, 0.1) is 0 Å². The summed E-state index contributed by atoms with van der Waals surface area (Å²) in [4.78, 5) is 23.3. The third kappa shape index (κ3) is 4.02. The molecule has 2 unspecified atom stereocenters. The molecule has 0 N–H and O–H groups in total. The second kappa shape index (κ2) is 7.77. The summed E-state index contributed by atoms with van der Waals surface area (Å²) < 4.78 is 11.1. The molecule has 2 rings (SSSR count). The minimum Gasteiger partial charge on any atom is -0.461 e. The lowest BCUT2D eigenvalue weighted by molar-refractivity contribution is -0.175. The van der Waals surface area contributed by atoms with Crippen LogP contribution >= 0.6 is 0 Å². The largest absolute Gasteiger partial charge is 0.461 e. The van der Waals surface area contributed by atoms with Crippen molar-refractivity contribution in [3.8, 4) is 0 Å². The minimum atomic E-state index is -1.08. The van der Waals surface area contributed by atoms with Gasteiger partial charge in [-0.1, -0.05) is 67.6 Å². The first-order valence-corrected chi connectivity index (χ1v) is 7.89. The lowest BCUT2D eigenvalue weighted by atomic mass is 9.78. The molecule has 24 heavy (non-hydrogen) atoms. The molecule has 0 aliphatic carbocycles. The van der Waals surface area contributed by atoms with E-state index in [4.69, 9.17) is 9.47 Å².